The zero-order chi connectivity index (χ0) is 20.0. The van der Waals surface area contributed by atoms with Crippen molar-refractivity contribution in [1.29, 1.82) is 0 Å². The van der Waals surface area contributed by atoms with Gasteiger partial charge in [0.05, 0.1) is 32.2 Å². The molecule has 4 aromatic heterocycles. The number of H-pyrrole nitrogens is 1. The van der Waals surface area contributed by atoms with Crippen LogP contribution >= 0.6 is 50.3 Å². The Morgan fingerprint density at radius 1 is 1.03 bits per heavy atom. The molecule has 1 atom stereocenters. The Balaban J connectivity index is 1.51. The Kier molecular flexibility index (Phi) is 5.49. The summed E-state index contributed by atoms with van der Waals surface area (Å²) in [6.07, 6.45) is 6.46. The van der Waals surface area contributed by atoms with Crippen molar-refractivity contribution < 1.29 is 0 Å². The fraction of sp³-hybridized carbons (Fsp3) is 0.364. The summed E-state index contributed by atoms with van der Waals surface area (Å²) in [6.45, 7) is 4.61. The fourth-order valence-electron chi connectivity index (χ4n) is 4.00. The highest BCUT2D eigenvalue weighted by Crippen LogP contribution is 2.43. The molecule has 0 bridgehead atoms. The van der Waals surface area contributed by atoms with Gasteiger partial charge in [0, 0.05) is 19.8 Å². The second-order valence-electron chi connectivity index (χ2n) is 7.61. The number of unbranched alkanes of at least 4 members (excludes halogenated alkanes) is 1. The summed E-state index contributed by atoms with van der Waals surface area (Å²) in [5, 5.41) is 0. The number of nitrogens with zero attached hydrogens (tertiary/aromatic N) is 2. The van der Waals surface area contributed by atoms with Gasteiger partial charge in [-0.15, -0.1) is 22.7 Å². The van der Waals surface area contributed by atoms with E-state index in [9.17, 15) is 0 Å². The second kappa shape index (κ2) is 8.10. The maximum Gasteiger partial charge on any atom is 0.119 e. The van der Waals surface area contributed by atoms with E-state index in [0.29, 0.717) is 0 Å². The van der Waals surface area contributed by atoms with Gasteiger partial charge in [-0.1, -0.05) is 45.6 Å². The number of rotatable bonds is 7. The SMILES string of the molecule is CCCCC(CC)Cc1cc2[nH]c3cc(-c4ccc(Br)c5nsnc45)sc3c2s1. The molecule has 150 valence electrons. The molecule has 0 radical (unpaired) electrons. The highest BCUT2D eigenvalue weighted by atomic mass is 79.9. The van der Waals surface area contributed by atoms with Crippen molar-refractivity contribution in [2.24, 2.45) is 5.92 Å². The molecule has 0 spiro atoms. The Bertz CT molecular complexity index is 1290. The number of thiophene rings is 2. The lowest BCUT2D eigenvalue weighted by molar-refractivity contribution is 0.452. The molecule has 0 aliphatic heterocycles. The van der Waals surface area contributed by atoms with Crippen molar-refractivity contribution >= 4 is 81.8 Å². The summed E-state index contributed by atoms with van der Waals surface area (Å²) < 4.78 is 12.8. The molecule has 1 aromatic carbocycles. The summed E-state index contributed by atoms with van der Waals surface area (Å²) in [5.41, 5.74) is 5.63. The van der Waals surface area contributed by atoms with Crippen LogP contribution in [0, 0.1) is 5.92 Å². The van der Waals surface area contributed by atoms with Gasteiger partial charge in [0.1, 0.15) is 11.0 Å². The minimum atomic E-state index is 0.806. The van der Waals surface area contributed by atoms with Crippen LogP contribution in [0.4, 0.5) is 0 Å². The van der Waals surface area contributed by atoms with Crippen LogP contribution in [-0.4, -0.2) is 13.7 Å². The first-order valence-corrected chi connectivity index (χ1v) is 13.3. The lowest BCUT2D eigenvalue weighted by atomic mass is 9.95. The van der Waals surface area contributed by atoms with Gasteiger partial charge in [0.2, 0.25) is 0 Å². The molecule has 0 saturated heterocycles. The third kappa shape index (κ3) is 3.56. The first kappa shape index (κ1) is 19.7. The molecule has 5 aromatic rings. The third-order valence-corrected chi connectivity index (χ3v) is 9.31. The van der Waals surface area contributed by atoms with Crippen LogP contribution < -0.4 is 0 Å². The number of nitrogens with one attached hydrogen (secondary N) is 1. The van der Waals surface area contributed by atoms with E-state index in [1.807, 2.05) is 22.7 Å². The minimum Gasteiger partial charge on any atom is -0.353 e. The number of halogens is 1. The first-order valence-electron chi connectivity index (χ1n) is 10.1. The van der Waals surface area contributed by atoms with E-state index < -0.39 is 0 Å². The molecule has 0 fully saturated rings. The maximum absolute atomic E-state index is 4.54. The molecule has 0 aliphatic carbocycles. The number of hydrogen-bond acceptors (Lipinski definition) is 5. The lowest BCUT2D eigenvalue weighted by Crippen LogP contribution is -2.01. The molecule has 4 heterocycles. The molecule has 0 amide bonds. The molecule has 1 unspecified atom stereocenters. The molecule has 0 aliphatic rings. The Morgan fingerprint density at radius 3 is 2.66 bits per heavy atom. The van der Waals surface area contributed by atoms with E-state index in [1.165, 1.54) is 79.6 Å². The van der Waals surface area contributed by atoms with Crippen molar-refractivity contribution in [3.63, 3.8) is 0 Å². The first-order chi connectivity index (χ1) is 14.2. The molecular formula is C22H22BrN3S3. The standard InChI is InChI=1S/C22H22BrN3S3/c1-3-5-6-12(4-2)9-13-10-16-21(27-13)22-17(24-16)11-18(28-22)14-7-8-15(23)20-19(14)25-29-26-20/h7-8,10-12,24H,3-6,9H2,1-2H3. The summed E-state index contributed by atoms with van der Waals surface area (Å²) in [6, 6.07) is 8.87. The van der Waals surface area contributed by atoms with Gasteiger partial charge in [-0.2, -0.15) is 8.75 Å². The van der Waals surface area contributed by atoms with Crippen LogP contribution in [0.5, 0.6) is 0 Å². The average Bonchev–Trinajstić information content (AvgIpc) is 3.47. The number of aromatic amines is 1. The predicted octanol–water partition coefficient (Wildman–Crippen LogP) is 8.64. The van der Waals surface area contributed by atoms with Crippen molar-refractivity contribution in [1.82, 2.24) is 13.7 Å². The van der Waals surface area contributed by atoms with Gasteiger partial charge in [-0.25, -0.2) is 0 Å². The predicted molar refractivity (Wildman–Crippen MR) is 133 cm³/mol. The summed E-state index contributed by atoms with van der Waals surface area (Å²) in [7, 11) is 0. The van der Waals surface area contributed by atoms with Crippen LogP contribution in [0.1, 0.15) is 44.4 Å². The molecule has 29 heavy (non-hydrogen) atoms. The van der Waals surface area contributed by atoms with Gasteiger partial charge >= 0.3 is 0 Å². The maximum atomic E-state index is 4.54. The van der Waals surface area contributed by atoms with Gasteiger partial charge in [-0.05, 0) is 46.5 Å². The average molecular weight is 505 g/mol. The Morgan fingerprint density at radius 2 is 1.83 bits per heavy atom. The molecule has 0 saturated carbocycles. The molecule has 5 rings (SSSR count). The number of hydrogen-bond donors (Lipinski definition) is 1. The van der Waals surface area contributed by atoms with Crippen molar-refractivity contribution in [3.8, 4) is 10.4 Å². The Labute approximate surface area is 190 Å². The zero-order valence-corrected chi connectivity index (χ0v) is 20.5. The molecule has 1 N–H and O–H groups in total. The van der Waals surface area contributed by atoms with E-state index in [0.717, 1.165) is 21.4 Å². The van der Waals surface area contributed by atoms with Crippen LogP contribution in [0.3, 0.4) is 0 Å². The Hall–Kier alpha value is -1.28. The number of fused-ring (bicyclic) bond motifs is 4. The quantitative estimate of drug-likeness (QED) is 0.241. The molecular weight excluding hydrogens is 482 g/mol. The smallest absolute Gasteiger partial charge is 0.119 e. The van der Waals surface area contributed by atoms with E-state index in [-0.39, 0.29) is 0 Å². The van der Waals surface area contributed by atoms with Crippen LogP contribution in [0.25, 0.3) is 41.9 Å². The fourth-order valence-corrected chi connectivity index (χ4v) is 7.62. The van der Waals surface area contributed by atoms with Gasteiger partial charge in [0.25, 0.3) is 0 Å². The summed E-state index contributed by atoms with van der Waals surface area (Å²) in [4.78, 5) is 6.42. The molecule has 3 nitrogen and oxygen atoms in total. The van der Waals surface area contributed by atoms with E-state index in [1.54, 1.807) is 0 Å². The summed E-state index contributed by atoms with van der Waals surface area (Å²) in [5.74, 6) is 0.806. The van der Waals surface area contributed by atoms with Gasteiger partial charge < -0.3 is 4.98 Å². The normalized spacial score (nSPS) is 13.2. The topological polar surface area (TPSA) is 41.6 Å². The van der Waals surface area contributed by atoms with Crippen molar-refractivity contribution in [2.75, 3.05) is 0 Å². The largest absolute Gasteiger partial charge is 0.353 e. The van der Waals surface area contributed by atoms with Crippen molar-refractivity contribution in [2.45, 2.75) is 46.0 Å². The van der Waals surface area contributed by atoms with Gasteiger partial charge in [0.15, 0.2) is 0 Å². The van der Waals surface area contributed by atoms with Crippen LogP contribution in [0.2, 0.25) is 0 Å². The van der Waals surface area contributed by atoms with Crippen LogP contribution in [-0.2, 0) is 6.42 Å². The third-order valence-electron chi connectivity index (χ3n) is 5.66. The van der Waals surface area contributed by atoms with Crippen molar-refractivity contribution in [3.05, 3.63) is 33.6 Å². The van der Waals surface area contributed by atoms with E-state index >= 15 is 0 Å². The highest BCUT2D eigenvalue weighted by molar-refractivity contribution is 9.10. The van der Waals surface area contributed by atoms with E-state index in [4.69, 9.17) is 0 Å². The summed E-state index contributed by atoms with van der Waals surface area (Å²) >= 11 is 8.70. The number of benzene rings is 1. The van der Waals surface area contributed by atoms with Gasteiger partial charge in [-0.3, -0.25) is 0 Å². The lowest BCUT2D eigenvalue weighted by Gasteiger charge is -2.12. The van der Waals surface area contributed by atoms with Crippen LogP contribution in [0.15, 0.2) is 28.7 Å². The minimum absolute atomic E-state index is 0.806. The zero-order valence-electron chi connectivity index (χ0n) is 16.4. The highest BCUT2D eigenvalue weighted by Gasteiger charge is 2.17. The second-order valence-corrected chi connectivity index (χ2v) is 11.2. The number of aromatic nitrogens is 3. The monoisotopic (exact) mass is 503 g/mol. The van der Waals surface area contributed by atoms with E-state index in [2.05, 4.69) is 67.8 Å². The molecule has 7 heteroatoms.